The predicted octanol–water partition coefficient (Wildman–Crippen LogP) is 2.55. The summed E-state index contributed by atoms with van der Waals surface area (Å²) in [6.07, 6.45) is 0.610. The third kappa shape index (κ3) is 3.70. The van der Waals surface area contributed by atoms with E-state index in [1.807, 2.05) is 6.92 Å². The van der Waals surface area contributed by atoms with Gasteiger partial charge in [-0.1, -0.05) is 19.4 Å². The van der Waals surface area contributed by atoms with Gasteiger partial charge in [0.2, 0.25) is 0 Å². The Hall–Kier alpha value is -0.710. The van der Waals surface area contributed by atoms with Crippen molar-refractivity contribution in [2.75, 3.05) is 0 Å². The highest BCUT2D eigenvalue weighted by Crippen LogP contribution is 2.19. The van der Waals surface area contributed by atoms with E-state index in [0.717, 1.165) is 18.6 Å². The van der Waals surface area contributed by atoms with Crippen molar-refractivity contribution in [1.29, 1.82) is 0 Å². The molecule has 0 fully saturated rings. The van der Waals surface area contributed by atoms with E-state index in [0.29, 0.717) is 12.0 Å². The molecule has 0 bridgehead atoms. The molecule has 92 valence electrons. The quantitative estimate of drug-likeness (QED) is 0.864. The van der Waals surface area contributed by atoms with E-state index >= 15 is 0 Å². The van der Waals surface area contributed by atoms with E-state index in [2.05, 4.69) is 0 Å². The molecular weight excluding hydrogens is 236 g/mol. The molecule has 2 atom stereocenters. The van der Waals surface area contributed by atoms with Gasteiger partial charge in [0.15, 0.2) is 11.6 Å². The molecule has 0 aliphatic heterocycles. The molecule has 0 amide bonds. The molecule has 1 aromatic rings. The van der Waals surface area contributed by atoms with Crippen LogP contribution in [0.25, 0.3) is 0 Å². The molecule has 16 heavy (non-hydrogen) atoms. The van der Waals surface area contributed by atoms with Gasteiger partial charge in [-0.15, -0.1) is 12.4 Å². The average molecular weight is 252 g/mol. The summed E-state index contributed by atoms with van der Waals surface area (Å²) in [7, 11) is 0. The zero-order chi connectivity index (χ0) is 11.4. The zero-order valence-electron chi connectivity index (χ0n) is 8.99. The number of halogens is 3. The second-order valence-corrected chi connectivity index (χ2v) is 3.56. The van der Waals surface area contributed by atoms with E-state index in [-0.39, 0.29) is 12.4 Å². The predicted molar refractivity (Wildman–Crippen MR) is 61.4 cm³/mol. The topological polar surface area (TPSA) is 46.2 Å². The molecule has 0 aromatic heterocycles. The van der Waals surface area contributed by atoms with Gasteiger partial charge in [0, 0.05) is 0 Å². The van der Waals surface area contributed by atoms with Crippen molar-refractivity contribution < 1.29 is 13.9 Å². The number of hydrogen-bond acceptors (Lipinski definition) is 2. The SMILES string of the molecule is CCC[C@H](O)[C@H](N)c1ccc(F)c(F)c1.Cl. The number of hydrogen-bond donors (Lipinski definition) is 2. The van der Waals surface area contributed by atoms with Gasteiger partial charge in [0.1, 0.15) is 0 Å². The van der Waals surface area contributed by atoms with Gasteiger partial charge in [0.25, 0.3) is 0 Å². The van der Waals surface area contributed by atoms with Gasteiger partial charge in [-0.25, -0.2) is 8.78 Å². The molecule has 1 rings (SSSR count). The zero-order valence-corrected chi connectivity index (χ0v) is 9.81. The van der Waals surface area contributed by atoms with Crippen molar-refractivity contribution in [2.45, 2.75) is 31.9 Å². The number of aliphatic hydroxyl groups excluding tert-OH is 1. The molecular formula is C11H16ClF2NO. The molecule has 3 N–H and O–H groups in total. The Kier molecular flexibility index (Phi) is 6.48. The Bertz CT molecular complexity index is 336. The summed E-state index contributed by atoms with van der Waals surface area (Å²) in [4.78, 5) is 0. The molecule has 0 heterocycles. The van der Waals surface area contributed by atoms with Crippen molar-refractivity contribution in [3.05, 3.63) is 35.4 Å². The molecule has 0 aliphatic rings. The summed E-state index contributed by atoms with van der Waals surface area (Å²) in [6.45, 7) is 1.92. The van der Waals surface area contributed by atoms with Crippen LogP contribution in [-0.4, -0.2) is 11.2 Å². The first-order chi connectivity index (χ1) is 7.06. The van der Waals surface area contributed by atoms with Crippen LogP contribution in [0.4, 0.5) is 8.78 Å². The van der Waals surface area contributed by atoms with E-state index < -0.39 is 23.8 Å². The van der Waals surface area contributed by atoms with Crippen molar-refractivity contribution in [3.63, 3.8) is 0 Å². The van der Waals surface area contributed by atoms with Crippen molar-refractivity contribution in [2.24, 2.45) is 5.73 Å². The molecule has 2 nitrogen and oxygen atoms in total. The highest BCUT2D eigenvalue weighted by molar-refractivity contribution is 5.85. The molecule has 5 heteroatoms. The van der Waals surface area contributed by atoms with E-state index in [9.17, 15) is 13.9 Å². The second kappa shape index (κ2) is 6.78. The minimum Gasteiger partial charge on any atom is -0.391 e. The van der Waals surface area contributed by atoms with Gasteiger partial charge >= 0.3 is 0 Å². The average Bonchev–Trinajstić information content (AvgIpc) is 2.21. The first-order valence-electron chi connectivity index (χ1n) is 4.94. The fourth-order valence-corrected chi connectivity index (χ4v) is 1.42. The maximum absolute atomic E-state index is 12.9. The summed E-state index contributed by atoms with van der Waals surface area (Å²) in [6, 6.07) is 2.77. The van der Waals surface area contributed by atoms with Crippen molar-refractivity contribution in [1.82, 2.24) is 0 Å². The van der Waals surface area contributed by atoms with Crippen LogP contribution in [0.3, 0.4) is 0 Å². The number of rotatable bonds is 4. The lowest BCUT2D eigenvalue weighted by Crippen LogP contribution is -2.26. The first kappa shape index (κ1) is 15.3. The molecule has 1 aromatic carbocycles. The molecule has 0 spiro atoms. The van der Waals surface area contributed by atoms with Gasteiger partial charge < -0.3 is 10.8 Å². The van der Waals surface area contributed by atoms with Crippen molar-refractivity contribution in [3.8, 4) is 0 Å². The lowest BCUT2D eigenvalue weighted by molar-refractivity contribution is 0.134. The van der Waals surface area contributed by atoms with E-state index in [1.165, 1.54) is 6.07 Å². The molecule has 0 saturated carbocycles. The fraction of sp³-hybridized carbons (Fsp3) is 0.455. The third-order valence-corrected chi connectivity index (χ3v) is 2.33. The van der Waals surface area contributed by atoms with Crippen LogP contribution in [0.1, 0.15) is 31.4 Å². The summed E-state index contributed by atoms with van der Waals surface area (Å²) in [5.74, 6) is -1.84. The fourth-order valence-electron chi connectivity index (χ4n) is 1.42. The van der Waals surface area contributed by atoms with Crippen LogP contribution in [-0.2, 0) is 0 Å². The normalized spacial score (nSPS) is 14.1. The highest BCUT2D eigenvalue weighted by atomic mass is 35.5. The number of benzene rings is 1. The van der Waals surface area contributed by atoms with Crippen LogP contribution in [0.2, 0.25) is 0 Å². The Morgan fingerprint density at radius 1 is 1.31 bits per heavy atom. The monoisotopic (exact) mass is 251 g/mol. The summed E-state index contributed by atoms with van der Waals surface area (Å²) < 4.78 is 25.5. The lowest BCUT2D eigenvalue weighted by atomic mass is 9.99. The van der Waals surface area contributed by atoms with Crippen LogP contribution in [0.5, 0.6) is 0 Å². The van der Waals surface area contributed by atoms with E-state index in [1.54, 1.807) is 0 Å². The highest BCUT2D eigenvalue weighted by Gasteiger charge is 2.17. The standard InChI is InChI=1S/C11H15F2NO.ClH/c1-2-3-10(15)11(14)7-4-5-8(12)9(13)6-7;/h4-6,10-11,15H,2-3,14H2,1H3;1H/t10-,11+;/m0./s1. The van der Waals surface area contributed by atoms with Crippen LogP contribution in [0.15, 0.2) is 18.2 Å². The molecule has 0 aliphatic carbocycles. The van der Waals surface area contributed by atoms with Crippen molar-refractivity contribution >= 4 is 12.4 Å². The Labute approximate surface area is 99.9 Å². The largest absolute Gasteiger partial charge is 0.391 e. The Balaban J connectivity index is 0.00000225. The first-order valence-corrected chi connectivity index (χ1v) is 4.94. The van der Waals surface area contributed by atoms with E-state index in [4.69, 9.17) is 5.73 Å². The van der Waals surface area contributed by atoms with Gasteiger partial charge in [-0.2, -0.15) is 0 Å². The van der Waals surface area contributed by atoms with Gasteiger partial charge in [-0.05, 0) is 24.1 Å². The number of aliphatic hydroxyl groups is 1. The Morgan fingerprint density at radius 2 is 1.94 bits per heavy atom. The van der Waals surface area contributed by atoms with Crippen LogP contribution in [0, 0.1) is 11.6 Å². The lowest BCUT2D eigenvalue weighted by Gasteiger charge is -2.18. The smallest absolute Gasteiger partial charge is 0.159 e. The molecule has 0 saturated heterocycles. The minimum atomic E-state index is -0.938. The summed E-state index contributed by atoms with van der Waals surface area (Å²) >= 11 is 0. The molecule has 0 unspecified atom stereocenters. The van der Waals surface area contributed by atoms with Crippen LogP contribution >= 0.6 is 12.4 Å². The second-order valence-electron chi connectivity index (χ2n) is 3.56. The van der Waals surface area contributed by atoms with Crippen LogP contribution < -0.4 is 5.73 Å². The maximum Gasteiger partial charge on any atom is 0.159 e. The summed E-state index contributed by atoms with van der Waals surface area (Å²) in [5, 5.41) is 9.59. The van der Waals surface area contributed by atoms with Gasteiger partial charge in [0.05, 0.1) is 12.1 Å². The number of nitrogens with two attached hydrogens (primary N) is 1. The van der Waals surface area contributed by atoms with Gasteiger partial charge in [-0.3, -0.25) is 0 Å². The minimum absolute atomic E-state index is 0. The maximum atomic E-state index is 12.9. The molecule has 0 radical (unpaired) electrons. The summed E-state index contributed by atoms with van der Waals surface area (Å²) in [5.41, 5.74) is 6.12. The third-order valence-electron chi connectivity index (χ3n) is 2.33. The Morgan fingerprint density at radius 3 is 2.44 bits per heavy atom.